The maximum Gasteiger partial charge on any atom is 0.0713 e. The van der Waals surface area contributed by atoms with Crippen molar-refractivity contribution in [2.75, 3.05) is 7.11 Å². The summed E-state index contributed by atoms with van der Waals surface area (Å²) in [7, 11) is 1.73. The lowest BCUT2D eigenvalue weighted by atomic mass is 9.83. The fourth-order valence-electron chi connectivity index (χ4n) is 2.37. The molecule has 4 unspecified atom stereocenters. The van der Waals surface area contributed by atoms with Crippen LogP contribution in [0.2, 0.25) is 0 Å². The monoisotopic (exact) mass is 250 g/mol. The zero-order valence-electron chi connectivity index (χ0n) is 9.93. The van der Waals surface area contributed by atoms with Crippen molar-refractivity contribution in [3.63, 3.8) is 0 Å². The van der Waals surface area contributed by atoms with Gasteiger partial charge >= 0.3 is 0 Å². The van der Waals surface area contributed by atoms with Crippen LogP contribution in [0.25, 0.3) is 0 Å². The standard InChI is InChI=1S/C10H22N2O3S/c1-7(11)5-8-3-4-9(13-2)10(6-8)16-15-14-12/h7-10H,3-6,11-12H2,1-2H3. The van der Waals surface area contributed by atoms with E-state index in [9.17, 15) is 0 Å². The molecule has 0 aromatic carbocycles. The molecule has 1 aliphatic carbocycles. The Hall–Kier alpha value is 0.150. The lowest BCUT2D eigenvalue weighted by Crippen LogP contribution is -2.35. The summed E-state index contributed by atoms with van der Waals surface area (Å²) in [5.74, 6) is 5.49. The van der Waals surface area contributed by atoms with E-state index >= 15 is 0 Å². The lowest BCUT2D eigenvalue weighted by molar-refractivity contribution is -0.196. The first-order valence-corrected chi connectivity index (χ1v) is 6.45. The quantitative estimate of drug-likeness (QED) is 0.421. The molecule has 6 heteroatoms. The van der Waals surface area contributed by atoms with Crippen molar-refractivity contribution in [3.05, 3.63) is 0 Å². The van der Waals surface area contributed by atoms with E-state index in [0.717, 1.165) is 19.3 Å². The molecule has 1 rings (SSSR count). The number of ether oxygens (including phenoxy) is 1. The second-order valence-electron chi connectivity index (χ2n) is 4.47. The van der Waals surface area contributed by atoms with Crippen LogP contribution in [0, 0.1) is 5.92 Å². The smallest absolute Gasteiger partial charge is 0.0713 e. The van der Waals surface area contributed by atoms with Crippen molar-refractivity contribution in [2.45, 2.75) is 50.0 Å². The minimum atomic E-state index is 0.212. The Bertz CT molecular complexity index is 195. The third kappa shape index (κ3) is 4.57. The molecule has 0 radical (unpaired) electrons. The van der Waals surface area contributed by atoms with Gasteiger partial charge in [0.15, 0.2) is 0 Å². The van der Waals surface area contributed by atoms with Crippen molar-refractivity contribution in [3.8, 4) is 0 Å². The van der Waals surface area contributed by atoms with Gasteiger partial charge in [0.25, 0.3) is 0 Å². The topological polar surface area (TPSA) is 79.7 Å². The molecule has 1 fully saturated rings. The molecule has 0 saturated heterocycles. The van der Waals surface area contributed by atoms with Crippen molar-refractivity contribution in [2.24, 2.45) is 17.5 Å². The van der Waals surface area contributed by atoms with Crippen molar-refractivity contribution in [1.82, 2.24) is 0 Å². The van der Waals surface area contributed by atoms with Crippen molar-refractivity contribution >= 4 is 12.0 Å². The Kier molecular flexibility index (Phi) is 6.64. The van der Waals surface area contributed by atoms with E-state index in [2.05, 4.69) is 4.99 Å². The zero-order valence-corrected chi connectivity index (χ0v) is 10.7. The number of hydrogen-bond donors (Lipinski definition) is 2. The van der Waals surface area contributed by atoms with Crippen LogP contribution in [0.5, 0.6) is 0 Å². The highest BCUT2D eigenvalue weighted by Crippen LogP contribution is 2.36. The van der Waals surface area contributed by atoms with Gasteiger partial charge in [0, 0.05) is 25.2 Å². The molecule has 4 atom stereocenters. The molecule has 0 heterocycles. The Balaban J connectivity index is 2.41. The first-order valence-electron chi connectivity index (χ1n) is 5.64. The Morgan fingerprint density at radius 1 is 1.44 bits per heavy atom. The van der Waals surface area contributed by atoms with Gasteiger partial charge in [-0.05, 0) is 38.5 Å². The summed E-state index contributed by atoms with van der Waals surface area (Å²) < 4.78 is 10.2. The van der Waals surface area contributed by atoms with Crippen LogP contribution in [0.15, 0.2) is 0 Å². The van der Waals surface area contributed by atoms with Gasteiger partial charge in [-0.25, -0.2) is 0 Å². The molecule has 0 aromatic heterocycles. The SMILES string of the molecule is COC1CCC(CC(C)N)CC1SOON. The number of rotatable bonds is 6. The molecular weight excluding hydrogens is 228 g/mol. The van der Waals surface area contributed by atoms with E-state index in [1.807, 2.05) is 6.92 Å². The van der Waals surface area contributed by atoms with Crippen LogP contribution >= 0.6 is 12.0 Å². The van der Waals surface area contributed by atoms with E-state index in [0.29, 0.717) is 5.92 Å². The Labute approximate surface area is 101 Å². The van der Waals surface area contributed by atoms with Crippen molar-refractivity contribution < 1.29 is 14.1 Å². The predicted molar refractivity (Wildman–Crippen MR) is 64.1 cm³/mol. The van der Waals surface area contributed by atoms with Gasteiger partial charge in [-0.3, -0.25) is 0 Å². The molecule has 0 amide bonds. The number of hydrogen-bond acceptors (Lipinski definition) is 6. The molecule has 1 saturated carbocycles. The third-order valence-electron chi connectivity index (χ3n) is 3.05. The summed E-state index contributed by atoms with van der Waals surface area (Å²) in [4.78, 5) is 4.14. The van der Waals surface area contributed by atoms with Gasteiger partial charge in [-0.1, -0.05) is 0 Å². The third-order valence-corrected chi connectivity index (χ3v) is 3.95. The normalized spacial score (nSPS) is 32.6. The molecule has 4 N–H and O–H groups in total. The van der Waals surface area contributed by atoms with Crippen LogP contribution in [0.4, 0.5) is 0 Å². The highest BCUT2D eigenvalue weighted by molar-refractivity contribution is 7.95. The molecule has 0 bridgehead atoms. The van der Waals surface area contributed by atoms with E-state index in [4.69, 9.17) is 20.7 Å². The predicted octanol–water partition coefficient (Wildman–Crippen LogP) is 1.38. The maximum atomic E-state index is 5.82. The molecule has 1 aliphatic rings. The fraction of sp³-hybridized carbons (Fsp3) is 1.00. The number of nitrogens with two attached hydrogens (primary N) is 2. The highest BCUT2D eigenvalue weighted by Gasteiger charge is 2.32. The van der Waals surface area contributed by atoms with E-state index in [1.54, 1.807) is 7.11 Å². The molecular formula is C10H22N2O3S. The Morgan fingerprint density at radius 2 is 2.19 bits per heavy atom. The highest BCUT2D eigenvalue weighted by atomic mass is 32.2. The largest absolute Gasteiger partial charge is 0.380 e. The van der Waals surface area contributed by atoms with Gasteiger partial charge in [0.05, 0.1) is 11.4 Å². The molecule has 0 spiro atoms. The summed E-state index contributed by atoms with van der Waals surface area (Å²) in [6.45, 7) is 2.05. The summed E-state index contributed by atoms with van der Waals surface area (Å²) >= 11 is 1.25. The first-order chi connectivity index (χ1) is 7.67. The van der Waals surface area contributed by atoms with Crippen LogP contribution in [0.1, 0.15) is 32.6 Å². The van der Waals surface area contributed by atoms with Gasteiger partial charge in [0.1, 0.15) is 0 Å². The second kappa shape index (κ2) is 7.47. The van der Waals surface area contributed by atoms with Crippen molar-refractivity contribution in [1.29, 1.82) is 0 Å². The van der Waals surface area contributed by atoms with Crippen LogP contribution in [-0.2, 0) is 14.1 Å². The molecule has 0 aromatic rings. The number of methoxy groups -OCH3 is 1. The minimum Gasteiger partial charge on any atom is -0.380 e. The van der Waals surface area contributed by atoms with Crippen LogP contribution in [0.3, 0.4) is 0 Å². The summed E-state index contributed by atoms with van der Waals surface area (Å²) in [6.07, 6.45) is 4.51. The van der Waals surface area contributed by atoms with Crippen LogP contribution < -0.4 is 11.6 Å². The fourth-order valence-corrected chi connectivity index (χ4v) is 3.24. The summed E-state index contributed by atoms with van der Waals surface area (Å²) in [5, 5.41) is 0.269. The second-order valence-corrected chi connectivity index (χ2v) is 5.40. The van der Waals surface area contributed by atoms with E-state index < -0.39 is 0 Å². The average molecular weight is 250 g/mol. The van der Waals surface area contributed by atoms with Gasteiger partial charge < -0.3 is 10.5 Å². The first kappa shape index (κ1) is 14.2. The van der Waals surface area contributed by atoms with Crippen LogP contribution in [-0.4, -0.2) is 24.5 Å². The van der Waals surface area contributed by atoms with Gasteiger partial charge in [-0.2, -0.15) is 5.90 Å². The molecule has 16 heavy (non-hydrogen) atoms. The maximum absolute atomic E-state index is 5.82. The minimum absolute atomic E-state index is 0.212. The Morgan fingerprint density at radius 3 is 2.75 bits per heavy atom. The van der Waals surface area contributed by atoms with E-state index in [1.165, 1.54) is 18.5 Å². The average Bonchev–Trinajstić information content (AvgIpc) is 2.25. The van der Waals surface area contributed by atoms with Gasteiger partial charge in [0.2, 0.25) is 0 Å². The molecule has 0 aliphatic heterocycles. The molecule has 96 valence electrons. The lowest BCUT2D eigenvalue weighted by Gasteiger charge is -2.34. The van der Waals surface area contributed by atoms with E-state index in [-0.39, 0.29) is 17.4 Å². The summed E-state index contributed by atoms with van der Waals surface area (Å²) in [6, 6.07) is 0.251. The molecule has 5 nitrogen and oxygen atoms in total. The zero-order chi connectivity index (χ0) is 12.0. The van der Waals surface area contributed by atoms with Gasteiger partial charge in [-0.15, -0.1) is 9.32 Å². The summed E-state index contributed by atoms with van der Waals surface area (Å²) in [5.41, 5.74) is 5.82.